The Morgan fingerprint density at radius 1 is 1.24 bits per heavy atom. The summed E-state index contributed by atoms with van der Waals surface area (Å²) in [6.07, 6.45) is 5.92. The smallest absolute Gasteiger partial charge is 0.407 e. The summed E-state index contributed by atoms with van der Waals surface area (Å²) in [7, 11) is 0. The number of hydrazine groups is 1. The van der Waals surface area contributed by atoms with E-state index in [1.165, 1.54) is 21.8 Å². The molecule has 0 unspecified atom stereocenters. The second kappa shape index (κ2) is 10.6. The number of esters is 1. The van der Waals surface area contributed by atoms with Gasteiger partial charge >= 0.3 is 12.1 Å². The number of nitrogens with zero attached hydrogens (tertiary/aromatic N) is 6. The molecule has 2 fully saturated rings. The van der Waals surface area contributed by atoms with Crippen molar-refractivity contribution in [2.45, 2.75) is 71.9 Å². The third-order valence-electron chi connectivity index (χ3n) is 7.03. The minimum atomic E-state index is -0.620. The van der Waals surface area contributed by atoms with Crippen molar-refractivity contribution in [2.75, 3.05) is 23.2 Å². The standard InChI is InChI=1S/C28H34FN7O5/c1-6-40-24(37)19-15-31-34-12-9-22(33-23(19)34)36-25(38)28(10-11-28)16-35(36)21-13-18(29)14-30-20(21)8-7-17(2)32-26(39)41-27(3,4)5/h9,12-15,17H,6-8,10-11,16H2,1-5H3,(H,32,39)/t17-/m1/s1. The molecular weight excluding hydrogens is 533 g/mol. The molecule has 3 aromatic rings. The Morgan fingerprint density at radius 2 is 2.00 bits per heavy atom. The molecule has 0 radical (unpaired) electrons. The molecule has 0 bridgehead atoms. The number of nitrogens with one attached hydrogen (secondary N) is 1. The number of pyridine rings is 1. The van der Waals surface area contributed by atoms with Gasteiger partial charge in [0, 0.05) is 24.4 Å². The van der Waals surface area contributed by atoms with Gasteiger partial charge in [0.2, 0.25) is 0 Å². The molecule has 4 heterocycles. The molecule has 1 saturated heterocycles. The second-order valence-electron chi connectivity index (χ2n) is 11.5. The number of alkyl carbamates (subject to hydrolysis) is 1. The van der Waals surface area contributed by atoms with E-state index in [0.717, 1.165) is 6.20 Å². The Bertz CT molecular complexity index is 1500. The van der Waals surface area contributed by atoms with E-state index in [-0.39, 0.29) is 35.6 Å². The van der Waals surface area contributed by atoms with E-state index < -0.39 is 28.9 Å². The van der Waals surface area contributed by atoms with E-state index in [2.05, 4.69) is 20.4 Å². The molecule has 2 amide bonds. The summed E-state index contributed by atoms with van der Waals surface area (Å²) in [6, 6.07) is 2.74. The molecule has 0 aromatic carbocycles. The quantitative estimate of drug-likeness (QED) is 0.404. The highest BCUT2D eigenvalue weighted by molar-refractivity contribution is 6.05. The largest absolute Gasteiger partial charge is 0.462 e. The number of ether oxygens (including phenoxy) is 2. The minimum Gasteiger partial charge on any atom is -0.462 e. The van der Waals surface area contributed by atoms with Gasteiger partial charge in [-0.05, 0) is 60.3 Å². The predicted octanol–water partition coefficient (Wildman–Crippen LogP) is 3.83. The van der Waals surface area contributed by atoms with Gasteiger partial charge in [0.05, 0.1) is 42.3 Å². The van der Waals surface area contributed by atoms with Gasteiger partial charge in [-0.3, -0.25) is 14.8 Å². The van der Waals surface area contributed by atoms with Crippen LogP contribution in [0.5, 0.6) is 0 Å². The van der Waals surface area contributed by atoms with Gasteiger partial charge in [-0.1, -0.05) is 0 Å². The van der Waals surface area contributed by atoms with Crippen LogP contribution in [0.4, 0.5) is 20.7 Å². The van der Waals surface area contributed by atoms with Crippen LogP contribution in [0.3, 0.4) is 0 Å². The Hall–Kier alpha value is -4.29. The van der Waals surface area contributed by atoms with Crippen LogP contribution in [-0.2, 0) is 20.7 Å². The first-order chi connectivity index (χ1) is 19.4. The van der Waals surface area contributed by atoms with E-state index in [1.54, 1.807) is 45.0 Å². The number of amides is 2. The second-order valence-corrected chi connectivity index (χ2v) is 11.5. The number of aryl methyl sites for hydroxylation is 1. The van der Waals surface area contributed by atoms with Crippen molar-refractivity contribution in [2.24, 2.45) is 5.41 Å². The Morgan fingerprint density at radius 3 is 2.68 bits per heavy atom. The van der Waals surface area contributed by atoms with Crippen molar-refractivity contribution in [1.29, 1.82) is 0 Å². The fourth-order valence-electron chi connectivity index (χ4n) is 4.84. The van der Waals surface area contributed by atoms with E-state index in [9.17, 15) is 18.8 Å². The van der Waals surface area contributed by atoms with Crippen LogP contribution in [0.2, 0.25) is 0 Å². The lowest BCUT2D eigenvalue weighted by Crippen LogP contribution is -2.41. The molecule has 1 atom stereocenters. The van der Waals surface area contributed by atoms with E-state index in [0.29, 0.717) is 43.6 Å². The minimum absolute atomic E-state index is 0.151. The lowest BCUT2D eigenvalue weighted by atomic mass is 10.1. The van der Waals surface area contributed by atoms with Crippen LogP contribution in [0.15, 0.2) is 30.7 Å². The van der Waals surface area contributed by atoms with Crippen LogP contribution in [-0.4, -0.2) is 62.3 Å². The van der Waals surface area contributed by atoms with Gasteiger partial charge in [0.25, 0.3) is 5.91 Å². The van der Waals surface area contributed by atoms with Crippen LogP contribution >= 0.6 is 0 Å². The summed E-state index contributed by atoms with van der Waals surface area (Å²) in [5.41, 5.74) is 0.209. The molecule has 3 aromatic heterocycles. The van der Waals surface area contributed by atoms with Crippen LogP contribution < -0.4 is 15.3 Å². The maximum atomic E-state index is 14.6. The Labute approximate surface area is 236 Å². The van der Waals surface area contributed by atoms with Gasteiger partial charge in [-0.25, -0.2) is 28.5 Å². The molecule has 13 heteroatoms. The van der Waals surface area contributed by atoms with Crippen LogP contribution in [0, 0.1) is 11.2 Å². The van der Waals surface area contributed by atoms with Gasteiger partial charge < -0.3 is 14.8 Å². The topological polar surface area (TPSA) is 131 Å². The zero-order chi connectivity index (χ0) is 29.5. The summed E-state index contributed by atoms with van der Waals surface area (Å²) < 4.78 is 26.5. The summed E-state index contributed by atoms with van der Waals surface area (Å²) in [5.74, 6) is -0.994. The Balaban J connectivity index is 1.44. The number of rotatable bonds is 8. The fourth-order valence-corrected chi connectivity index (χ4v) is 4.84. The fraction of sp³-hybridized carbons (Fsp3) is 0.500. The molecule has 1 aliphatic heterocycles. The average Bonchev–Trinajstić information content (AvgIpc) is 3.46. The number of carbonyl (C=O) groups is 3. The molecule has 5 rings (SSSR count). The molecule has 1 spiro atoms. The SMILES string of the molecule is CCOC(=O)c1cnn2ccc(N3C(=O)C4(CC4)CN3c3cc(F)cnc3CC[C@@H](C)NC(=O)OC(C)(C)C)nc12. The molecule has 218 valence electrons. The van der Waals surface area contributed by atoms with Crippen LogP contribution in [0.1, 0.15) is 69.9 Å². The van der Waals surface area contributed by atoms with Gasteiger partial charge in [0.1, 0.15) is 17.0 Å². The first kappa shape index (κ1) is 28.2. The number of anilines is 2. The highest BCUT2D eigenvalue weighted by Crippen LogP contribution is 2.53. The lowest BCUT2D eigenvalue weighted by molar-refractivity contribution is -0.121. The van der Waals surface area contributed by atoms with Crippen molar-refractivity contribution >= 4 is 35.1 Å². The van der Waals surface area contributed by atoms with Crippen molar-refractivity contribution < 1.29 is 28.2 Å². The number of aromatic nitrogens is 4. The zero-order valence-corrected chi connectivity index (χ0v) is 23.8. The maximum absolute atomic E-state index is 14.6. The van der Waals surface area contributed by atoms with Gasteiger partial charge in [-0.2, -0.15) is 5.10 Å². The van der Waals surface area contributed by atoms with Crippen molar-refractivity contribution in [3.8, 4) is 0 Å². The Kier molecular flexibility index (Phi) is 7.30. The summed E-state index contributed by atoms with van der Waals surface area (Å²) in [4.78, 5) is 47.4. The number of fused-ring (bicyclic) bond motifs is 1. The summed E-state index contributed by atoms with van der Waals surface area (Å²) in [5, 5.41) is 10.1. The third kappa shape index (κ3) is 5.79. The van der Waals surface area contributed by atoms with Gasteiger partial charge in [0.15, 0.2) is 11.5 Å². The van der Waals surface area contributed by atoms with Crippen molar-refractivity contribution in [1.82, 2.24) is 24.9 Å². The van der Waals surface area contributed by atoms with Crippen molar-refractivity contribution in [3.05, 3.63) is 47.8 Å². The first-order valence-corrected chi connectivity index (χ1v) is 13.7. The number of hydrogen-bond acceptors (Lipinski definition) is 9. The third-order valence-corrected chi connectivity index (χ3v) is 7.03. The highest BCUT2D eigenvalue weighted by atomic mass is 19.1. The average molecular weight is 568 g/mol. The zero-order valence-electron chi connectivity index (χ0n) is 23.8. The first-order valence-electron chi connectivity index (χ1n) is 13.7. The maximum Gasteiger partial charge on any atom is 0.407 e. The number of halogens is 1. The molecule has 1 N–H and O–H groups in total. The van der Waals surface area contributed by atoms with Crippen molar-refractivity contribution in [3.63, 3.8) is 0 Å². The van der Waals surface area contributed by atoms with E-state index in [1.807, 2.05) is 6.92 Å². The molecule has 12 nitrogen and oxygen atoms in total. The molecule has 2 aliphatic rings. The summed E-state index contributed by atoms with van der Waals surface area (Å²) in [6.45, 7) is 9.46. The lowest BCUT2D eigenvalue weighted by Gasteiger charge is -2.30. The molecule has 1 saturated carbocycles. The molecular formula is C28H34FN7O5. The molecule has 41 heavy (non-hydrogen) atoms. The number of hydrogen-bond donors (Lipinski definition) is 1. The number of carbonyl (C=O) groups excluding carboxylic acids is 3. The monoisotopic (exact) mass is 567 g/mol. The van der Waals surface area contributed by atoms with E-state index >= 15 is 0 Å². The van der Waals surface area contributed by atoms with Gasteiger partial charge in [-0.15, -0.1) is 0 Å². The van der Waals surface area contributed by atoms with Crippen LogP contribution in [0.25, 0.3) is 5.65 Å². The highest BCUT2D eigenvalue weighted by Gasteiger charge is 2.60. The predicted molar refractivity (Wildman–Crippen MR) is 147 cm³/mol. The summed E-state index contributed by atoms with van der Waals surface area (Å²) >= 11 is 0. The van der Waals surface area contributed by atoms with E-state index in [4.69, 9.17) is 9.47 Å². The normalized spacial score (nSPS) is 16.8. The molecule has 1 aliphatic carbocycles.